The van der Waals surface area contributed by atoms with E-state index < -0.39 is 45.7 Å². The molecule has 0 saturated heterocycles. The van der Waals surface area contributed by atoms with Gasteiger partial charge in [-0.05, 0) is 30.6 Å². The van der Waals surface area contributed by atoms with Crippen LogP contribution >= 0.6 is 0 Å². The van der Waals surface area contributed by atoms with Crippen LogP contribution in [-0.2, 0) is 34.0 Å². The molecule has 0 aliphatic heterocycles. The van der Waals surface area contributed by atoms with Crippen LogP contribution in [0, 0.1) is 17.8 Å². The summed E-state index contributed by atoms with van der Waals surface area (Å²) in [6.45, 7) is 11.8. The van der Waals surface area contributed by atoms with Gasteiger partial charge in [-0.25, -0.2) is 8.42 Å². The summed E-state index contributed by atoms with van der Waals surface area (Å²) in [6.07, 6.45) is 6.58. The number of carbonyl (C=O) groups is 3. The molecule has 0 aromatic heterocycles. The Bertz CT molecular complexity index is 732. The van der Waals surface area contributed by atoms with Crippen LogP contribution in [0.4, 0.5) is 0 Å². The van der Waals surface area contributed by atoms with Crippen molar-refractivity contribution in [3.63, 3.8) is 0 Å². The largest absolute Gasteiger partial charge is 1.00 e. The molecule has 4 atom stereocenters. The molecule has 0 rings (SSSR count). The number of nitrogens with two attached hydrogens (primary N) is 1. The fraction of sp³-hybridized carbons (Fsp3) is 0.880. The molecule has 0 radical (unpaired) electrons. The van der Waals surface area contributed by atoms with Crippen LogP contribution in [-0.4, -0.2) is 60.5 Å². The molecular formula is C25H48NNaO9S. The van der Waals surface area contributed by atoms with Crippen molar-refractivity contribution >= 4 is 28.0 Å². The molecule has 0 spiro atoms. The van der Waals surface area contributed by atoms with E-state index >= 15 is 0 Å². The second-order valence-corrected chi connectivity index (χ2v) is 11.0. The van der Waals surface area contributed by atoms with Gasteiger partial charge in [0, 0.05) is 0 Å². The van der Waals surface area contributed by atoms with Gasteiger partial charge in [-0.3, -0.25) is 14.4 Å². The van der Waals surface area contributed by atoms with Gasteiger partial charge in [0.05, 0.1) is 19.6 Å². The van der Waals surface area contributed by atoms with Crippen molar-refractivity contribution in [1.29, 1.82) is 0 Å². The van der Waals surface area contributed by atoms with Gasteiger partial charge in [0.2, 0.25) is 0 Å². The van der Waals surface area contributed by atoms with Crippen molar-refractivity contribution in [2.45, 2.75) is 111 Å². The Balaban J connectivity index is -0.00000110. The Labute approximate surface area is 245 Å². The quantitative estimate of drug-likeness (QED) is 0.139. The van der Waals surface area contributed by atoms with E-state index in [1.165, 1.54) is 0 Å². The van der Waals surface area contributed by atoms with E-state index in [4.69, 9.17) is 20.3 Å². The van der Waals surface area contributed by atoms with Crippen LogP contribution in [0.3, 0.4) is 0 Å². The molecule has 0 amide bonds. The number of carbonyl (C=O) groups excluding carboxylic acids is 2. The number of carboxylic acids is 1. The summed E-state index contributed by atoms with van der Waals surface area (Å²) in [6, 6.07) is -0.713. The fourth-order valence-electron chi connectivity index (χ4n) is 3.10. The summed E-state index contributed by atoms with van der Waals surface area (Å²) >= 11 is 0. The molecule has 0 bridgehead atoms. The van der Waals surface area contributed by atoms with Crippen molar-refractivity contribution in [1.82, 2.24) is 0 Å². The first kappa shape index (κ1) is 40.8. The molecule has 10 nitrogen and oxygen atoms in total. The van der Waals surface area contributed by atoms with Crippen molar-refractivity contribution in [2.24, 2.45) is 23.5 Å². The summed E-state index contributed by atoms with van der Waals surface area (Å²) in [7, 11) is -5.01. The number of unbranched alkanes of at least 4 members (excludes halogenated alkanes) is 2. The SMILES string of the molecule is CC(C)[C@H](N)C(=O)O.CCCCC(CC)COC(=O)CC(C(=O)OCC(CC)CCCC)S(=O)(=O)[O-].[Na+]. The molecule has 37 heavy (non-hydrogen) atoms. The fourth-order valence-corrected chi connectivity index (χ4v) is 3.74. The maximum absolute atomic E-state index is 12.1. The molecule has 214 valence electrons. The summed E-state index contributed by atoms with van der Waals surface area (Å²) in [5, 5.41) is 6.17. The van der Waals surface area contributed by atoms with Crippen LogP contribution in [0.25, 0.3) is 0 Å². The van der Waals surface area contributed by atoms with Crippen molar-refractivity contribution in [2.75, 3.05) is 13.2 Å². The van der Waals surface area contributed by atoms with Crippen LogP contribution in [0.5, 0.6) is 0 Å². The third-order valence-corrected chi connectivity index (χ3v) is 7.05. The van der Waals surface area contributed by atoms with Crippen molar-refractivity contribution in [3.05, 3.63) is 0 Å². The molecule has 12 heteroatoms. The van der Waals surface area contributed by atoms with E-state index in [0.717, 1.165) is 51.4 Å². The zero-order valence-corrected chi connectivity index (χ0v) is 26.7. The molecule has 0 saturated carbocycles. The molecule has 3 N–H and O–H groups in total. The minimum absolute atomic E-state index is 0. The second-order valence-electron chi connectivity index (χ2n) is 9.44. The van der Waals surface area contributed by atoms with E-state index in [-0.39, 0.29) is 60.5 Å². The molecule has 0 aromatic carbocycles. The third kappa shape index (κ3) is 20.9. The van der Waals surface area contributed by atoms with E-state index in [1.807, 2.05) is 13.8 Å². The normalized spacial score (nSPS) is 14.3. The number of rotatable bonds is 18. The average molecular weight is 562 g/mol. The van der Waals surface area contributed by atoms with Gasteiger partial charge in [0.15, 0.2) is 5.25 Å². The first-order valence-corrected chi connectivity index (χ1v) is 14.5. The summed E-state index contributed by atoms with van der Waals surface area (Å²) in [5.74, 6) is -2.65. The van der Waals surface area contributed by atoms with E-state index in [2.05, 4.69) is 13.8 Å². The minimum atomic E-state index is -5.01. The van der Waals surface area contributed by atoms with Crippen LogP contribution in [0.15, 0.2) is 0 Å². The Morgan fingerprint density at radius 3 is 1.62 bits per heavy atom. The molecule has 0 aromatic rings. The first-order chi connectivity index (χ1) is 16.7. The van der Waals surface area contributed by atoms with Gasteiger partial charge in [-0.15, -0.1) is 0 Å². The topological polar surface area (TPSA) is 173 Å². The van der Waals surface area contributed by atoms with E-state index in [9.17, 15) is 27.4 Å². The third-order valence-electron chi connectivity index (χ3n) is 5.99. The zero-order valence-electron chi connectivity index (χ0n) is 23.9. The molecule has 0 aliphatic rings. The first-order valence-electron chi connectivity index (χ1n) is 13.0. The number of carboxylic acid groups (broad SMARTS) is 1. The van der Waals surface area contributed by atoms with Gasteiger partial charge in [-0.1, -0.05) is 80.1 Å². The number of ether oxygens (including phenoxy) is 2. The molecular weight excluding hydrogens is 513 g/mol. The van der Waals surface area contributed by atoms with Crippen molar-refractivity contribution < 1.29 is 71.5 Å². The standard InChI is InChI=1S/C20H38O7S.C5H11NO2.Na/c1-5-9-11-16(7-3)14-26-19(21)13-18(28(23,24)25)20(22)27-15-17(8-4)12-10-6-2;1-3(2)4(6)5(7)8;/h16-18H,5-15H2,1-4H3,(H,23,24,25);3-4H,6H2,1-2H3,(H,7,8);/q;;+1/p-1/t;4-;/m.0./s1. The second kappa shape index (κ2) is 23.2. The number of hydrogen-bond donors (Lipinski definition) is 2. The van der Waals surface area contributed by atoms with Crippen LogP contribution in [0.1, 0.15) is 99.3 Å². The van der Waals surface area contributed by atoms with E-state index in [1.54, 1.807) is 13.8 Å². The number of aliphatic carboxylic acids is 1. The predicted molar refractivity (Wildman–Crippen MR) is 137 cm³/mol. The van der Waals surface area contributed by atoms with Crippen LogP contribution < -0.4 is 35.3 Å². The average Bonchev–Trinajstić information content (AvgIpc) is 2.81. The molecule has 3 unspecified atom stereocenters. The van der Waals surface area contributed by atoms with Gasteiger partial charge >= 0.3 is 47.5 Å². The van der Waals surface area contributed by atoms with Gasteiger partial charge in [0.1, 0.15) is 16.2 Å². The monoisotopic (exact) mass is 561 g/mol. The maximum atomic E-state index is 12.1. The Morgan fingerprint density at radius 2 is 1.32 bits per heavy atom. The van der Waals surface area contributed by atoms with Gasteiger partial charge in [0.25, 0.3) is 0 Å². The van der Waals surface area contributed by atoms with E-state index in [0.29, 0.717) is 0 Å². The Kier molecular flexibility index (Phi) is 25.6. The summed E-state index contributed by atoms with van der Waals surface area (Å²) < 4.78 is 44.6. The molecule has 0 aliphatic carbocycles. The Hall–Kier alpha value is -0.720. The summed E-state index contributed by atoms with van der Waals surface area (Å²) in [5.41, 5.74) is 5.16. The maximum Gasteiger partial charge on any atom is 1.00 e. The minimum Gasteiger partial charge on any atom is -0.747 e. The zero-order chi connectivity index (χ0) is 28.3. The number of hydrogen-bond acceptors (Lipinski definition) is 9. The van der Waals surface area contributed by atoms with Crippen LogP contribution in [0.2, 0.25) is 0 Å². The number of esters is 2. The predicted octanol–water partition coefficient (Wildman–Crippen LogP) is 0.868. The summed E-state index contributed by atoms with van der Waals surface area (Å²) in [4.78, 5) is 34.2. The molecule has 0 heterocycles. The van der Waals surface area contributed by atoms with Gasteiger partial charge in [-0.2, -0.15) is 0 Å². The Morgan fingerprint density at radius 1 is 0.892 bits per heavy atom. The smallest absolute Gasteiger partial charge is 0.747 e. The molecule has 0 fully saturated rings. The van der Waals surface area contributed by atoms with Crippen molar-refractivity contribution in [3.8, 4) is 0 Å². The van der Waals surface area contributed by atoms with Gasteiger partial charge < -0.3 is 24.9 Å².